The molecule has 0 saturated heterocycles. The number of alkyl halides is 2. The molecule has 1 saturated carbocycles. The van der Waals surface area contributed by atoms with Crippen molar-refractivity contribution in [3.8, 4) is 0 Å². The van der Waals surface area contributed by atoms with Gasteiger partial charge in [0.15, 0.2) is 11.0 Å². The Morgan fingerprint density at radius 2 is 2.20 bits per heavy atom. The lowest BCUT2D eigenvalue weighted by Crippen LogP contribution is -2.04. The summed E-state index contributed by atoms with van der Waals surface area (Å²) in [6.45, 7) is -0.196. The van der Waals surface area contributed by atoms with Crippen molar-refractivity contribution in [1.29, 1.82) is 0 Å². The van der Waals surface area contributed by atoms with Gasteiger partial charge in [0.05, 0.1) is 5.75 Å². The Balaban J connectivity index is 2.11. The van der Waals surface area contributed by atoms with Crippen LogP contribution in [0.5, 0.6) is 0 Å². The third kappa shape index (κ3) is 2.46. The van der Waals surface area contributed by atoms with E-state index < -0.39 is 6.43 Å². The summed E-state index contributed by atoms with van der Waals surface area (Å²) in [5.41, 5.74) is 0. The second-order valence-corrected chi connectivity index (χ2v) is 4.35. The Morgan fingerprint density at radius 1 is 1.47 bits per heavy atom. The van der Waals surface area contributed by atoms with Gasteiger partial charge in [-0.15, -0.1) is 10.2 Å². The van der Waals surface area contributed by atoms with Gasteiger partial charge >= 0.3 is 0 Å². The van der Waals surface area contributed by atoms with Crippen LogP contribution >= 0.6 is 11.8 Å². The first-order valence-electron chi connectivity index (χ1n) is 4.68. The summed E-state index contributed by atoms with van der Waals surface area (Å²) in [7, 11) is 0. The largest absolute Gasteiger partial charge is 0.388 e. The van der Waals surface area contributed by atoms with Crippen molar-refractivity contribution in [2.24, 2.45) is 0 Å². The van der Waals surface area contributed by atoms with Gasteiger partial charge in [0.25, 0.3) is 0 Å². The lowest BCUT2D eigenvalue weighted by Gasteiger charge is -2.06. The number of halogens is 2. The fourth-order valence-electron chi connectivity index (χ4n) is 1.35. The monoisotopic (exact) mass is 235 g/mol. The number of nitrogens with zero attached hydrogens (tertiary/aromatic N) is 3. The van der Waals surface area contributed by atoms with Crippen molar-refractivity contribution >= 4 is 11.8 Å². The Morgan fingerprint density at radius 3 is 2.73 bits per heavy atom. The molecule has 7 heteroatoms. The number of hydrogen-bond acceptors (Lipinski definition) is 4. The minimum atomic E-state index is -2.35. The van der Waals surface area contributed by atoms with Crippen molar-refractivity contribution in [3.05, 3.63) is 5.82 Å². The molecule has 1 aromatic rings. The highest BCUT2D eigenvalue weighted by atomic mass is 32.2. The predicted molar refractivity (Wildman–Crippen MR) is 50.9 cm³/mol. The summed E-state index contributed by atoms with van der Waals surface area (Å²) in [5, 5.41) is 17.1. The van der Waals surface area contributed by atoms with Gasteiger partial charge in [0.2, 0.25) is 6.43 Å². The van der Waals surface area contributed by atoms with Crippen molar-refractivity contribution in [3.63, 3.8) is 0 Å². The first kappa shape index (κ1) is 10.8. The molecule has 1 heterocycles. The first-order valence-corrected chi connectivity index (χ1v) is 5.66. The molecule has 15 heavy (non-hydrogen) atoms. The third-order valence-electron chi connectivity index (χ3n) is 2.13. The normalized spacial score (nSPS) is 16.3. The zero-order valence-electron chi connectivity index (χ0n) is 7.94. The minimum Gasteiger partial charge on any atom is -0.388 e. The number of aliphatic hydroxyl groups is 1. The average Bonchev–Trinajstić information content (AvgIpc) is 2.96. The molecule has 4 nitrogen and oxygen atoms in total. The Kier molecular flexibility index (Phi) is 3.20. The maximum atomic E-state index is 12.0. The molecule has 84 valence electrons. The Hall–Kier alpha value is -0.690. The summed E-state index contributed by atoms with van der Waals surface area (Å²) in [6, 6.07) is 0.294. The van der Waals surface area contributed by atoms with Gasteiger partial charge in [-0.3, -0.25) is 0 Å². The maximum absolute atomic E-state index is 12.0. The molecule has 1 aliphatic rings. The molecule has 1 fully saturated rings. The minimum absolute atomic E-state index is 0.196. The van der Waals surface area contributed by atoms with Crippen LogP contribution < -0.4 is 0 Å². The first-order chi connectivity index (χ1) is 7.22. The molecule has 0 aromatic carbocycles. The molecule has 0 atom stereocenters. The van der Waals surface area contributed by atoms with E-state index in [1.807, 2.05) is 0 Å². The number of hydrogen-bond donors (Lipinski definition) is 1. The van der Waals surface area contributed by atoms with E-state index in [1.54, 1.807) is 4.57 Å². The molecule has 1 aliphatic carbocycles. The number of aliphatic hydroxyl groups excluding tert-OH is 1. The molecule has 0 aliphatic heterocycles. The van der Waals surface area contributed by atoms with Crippen LogP contribution in [0.4, 0.5) is 8.78 Å². The van der Waals surface area contributed by atoms with Gasteiger partial charge in [0.1, 0.15) is 6.61 Å². The number of rotatable bonds is 5. The predicted octanol–water partition coefficient (Wildman–Crippen LogP) is 1.46. The van der Waals surface area contributed by atoms with Crippen LogP contribution in [0.1, 0.15) is 24.7 Å². The summed E-state index contributed by atoms with van der Waals surface area (Å²) >= 11 is 0.988. The van der Waals surface area contributed by atoms with Gasteiger partial charge in [-0.2, -0.15) is 0 Å². The molecule has 1 aromatic heterocycles. The second-order valence-electron chi connectivity index (χ2n) is 3.36. The van der Waals surface area contributed by atoms with Gasteiger partial charge in [-0.05, 0) is 12.8 Å². The molecular formula is C8H11F2N3OS. The summed E-state index contributed by atoms with van der Waals surface area (Å²) < 4.78 is 25.8. The highest BCUT2D eigenvalue weighted by Gasteiger charge is 2.29. The highest BCUT2D eigenvalue weighted by Crippen LogP contribution is 2.38. The quantitative estimate of drug-likeness (QED) is 0.785. The molecule has 0 unspecified atom stereocenters. The molecule has 2 rings (SSSR count). The lowest BCUT2D eigenvalue weighted by atomic mass is 10.6. The van der Waals surface area contributed by atoms with Crippen LogP contribution in [0.3, 0.4) is 0 Å². The van der Waals surface area contributed by atoms with Crippen LogP contribution in [0, 0.1) is 0 Å². The lowest BCUT2D eigenvalue weighted by molar-refractivity contribution is 0.176. The molecular weight excluding hydrogens is 224 g/mol. The van der Waals surface area contributed by atoms with E-state index in [1.165, 1.54) is 0 Å². The molecule has 0 amide bonds. The topological polar surface area (TPSA) is 50.9 Å². The molecule has 0 radical (unpaired) electrons. The smallest absolute Gasteiger partial charge is 0.248 e. The standard InChI is InChI=1S/C8H11F2N3OS/c9-6(10)4-15-8-12-11-7(3-14)13(8)5-1-2-5/h5-6,14H,1-4H2. The van der Waals surface area contributed by atoms with Crippen molar-refractivity contribution in [2.75, 3.05) is 5.75 Å². The number of aromatic nitrogens is 3. The average molecular weight is 235 g/mol. The summed E-state index contributed by atoms with van der Waals surface area (Å²) in [5.74, 6) is 0.185. The Labute approximate surface area is 89.7 Å². The van der Waals surface area contributed by atoms with E-state index in [0.717, 1.165) is 24.6 Å². The van der Waals surface area contributed by atoms with Crippen LogP contribution in [0.2, 0.25) is 0 Å². The van der Waals surface area contributed by atoms with Crippen molar-refractivity contribution in [1.82, 2.24) is 14.8 Å². The van der Waals surface area contributed by atoms with E-state index in [4.69, 9.17) is 5.11 Å². The van der Waals surface area contributed by atoms with E-state index in [2.05, 4.69) is 10.2 Å². The van der Waals surface area contributed by atoms with Crippen LogP contribution in [-0.2, 0) is 6.61 Å². The SMILES string of the molecule is OCc1nnc(SCC(F)F)n1C1CC1. The van der Waals surface area contributed by atoms with Gasteiger partial charge in [-0.25, -0.2) is 8.78 Å². The fourth-order valence-corrected chi connectivity index (χ4v) is 2.12. The van der Waals surface area contributed by atoms with Gasteiger partial charge < -0.3 is 9.67 Å². The Bertz CT molecular complexity index is 341. The van der Waals surface area contributed by atoms with E-state index in [0.29, 0.717) is 17.0 Å². The zero-order chi connectivity index (χ0) is 10.8. The van der Waals surface area contributed by atoms with E-state index >= 15 is 0 Å². The van der Waals surface area contributed by atoms with E-state index in [-0.39, 0.29) is 12.4 Å². The summed E-state index contributed by atoms with van der Waals surface area (Å²) in [4.78, 5) is 0. The van der Waals surface area contributed by atoms with Gasteiger partial charge in [0, 0.05) is 6.04 Å². The zero-order valence-corrected chi connectivity index (χ0v) is 8.75. The van der Waals surface area contributed by atoms with Gasteiger partial charge in [-0.1, -0.05) is 11.8 Å². The number of thioether (sulfide) groups is 1. The fraction of sp³-hybridized carbons (Fsp3) is 0.750. The van der Waals surface area contributed by atoms with E-state index in [9.17, 15) is 8.78 Å². The summed E-state index contributed by atoms with van der Waals surface area (Å²) in [6.07, 6.45) is -0.336. The third-order valence-corrected chi connectivity index (χ3v) is 3.08. The molecule has 1 N–H and O–H groups in total. The highest BCUT2D eigenvalue weighted by molar-refractivity contribution is 7.99. The maximum Gasteiger partial charge on any atom is 0.248 e. The second kappa shape index (κ2) is 4.44. The molecule has 0 spiro atoms. The van der Waals surface area contributed by atoms with Crippen LogP contribution in [-0.4, -0.2) is 32.0 Å². The van der Waals surface area contributed by atoms with Crippen molar-refractivity contribution in [2.45, 2.75) is 37.1 Å². The molecule has 0 bridgehead atoms. The van der Waals surface area contributed by atoms with Crippen LogP contribution in [0.25, 0.3) is 0 Å². The van der Waals surface area contributed by atoms with Crippen LogP contribution in [0.15, 0.2) is 5.16 Å². The van der Waals surface area contributed by atoms with Crippen molar-refractivity contribution < 1.29 is 13.9 Å².